The van der Waals surface area contributed by atoms with Crippen molar-refractivity contribution in [1.29, 1.82) is 0 Å². The zero-order valence-corrected chi connectivity index (χ0v) is 12.8. The van der Waals surface area contributed by atoms with Crippen molar-refractivity contribution in [2.24, 2.45) is 0 Å². The molecular formula is C16H11F2N3OS. The van der Waals surface area contributed by atoms with E-state index in [1.165, 1.54) is 17.4 Å². The van der Waals surface area contributed by atoms with Crippen LogP contribution in [0.15, 0.2) is 42.6 Å². The summed E-state index contributed by atoms with van der Waals surface area (Å²) in [6, 6.07) is 8.73. The molecule has 116 valence electrons. The Balaban J connectivity index is 1.88. The molecule has 0 atom stereocenters. The summed E-state index contributed by atoms with van der Waals surface area (Å²) in [5.74, 6) is -2.71. The third-order valence-corrected chi connectivity index (χ3v) is 4.20. The number of nitrogens with one attached hydrogen (secondary N) is 1. The summed E-state index contributed by atoms with van der Waals surface area (Å²) in [6.07, 6.45) is 1.65. The first-order valence-electron chi connectivity index (χ1n) is 6.70. The molecule has 0 aliphatic carbocycles. The first kappa shape index (κ1) is 15.2. The number of hydrogen-bond acceptors (Lipinski definition) is 4. The number of halogens is 2. The van der Waals surface area contributed by atoms with Crippen LogP contribution in [0.5, 0.6) is 0 Å². The van der Waals surface area contributed by atoms with Crippen molar-refractivity contribution in [3.63, 3.8) is 0 Å². The number of benzene rings is 1. The van der Waals surface area contributed by atoms with Crippen LogP contribution in [0.2, 0.25) is 0 Å². The fourth-order valence-electron chi connectivity index (χ4n) is 2.06. The van der Waals surface area contributed by atoms with Gasteiger partial charge in [-0.15, -0.1) is 0 Å². The maximum Gasteiger partial charge on any atom is 0.263 e. The fourth-order valence-corrected chi connectivity index (χ4v) is 3.00. The second-order valence-corrected chi connectivity index (χ2v) is 5.70. The van der Waals surface area contributed by atoms with Crippen LogP contribution in [0.4, 0.5) is 13.9 Å². The van der Waals surface area contributed by atoms with Gasteiger partial charge in [0, 0.05) is 6.20 Å². The summed E-state index contributed by atoms with van der Waals surface area (Å²) in [5, 5.41) is 2.69. The van der Waals surface area contributed by atoms with Crippen molar-refractivity contribution in [3.8, 4) is 10.6 Å². The molecule has 0 aliphatic heterocycles. The molecule has 1 amide bonds. The molecule has 1 N–H and O–H groups in total. The third kappa shape index (κ3) is 3.09. The summed E-state index contributed by atoms with van der Waals surface area (Å²) in [6.45, 7) is 1.78. The maximum atomic E-state index is 13.6. The summed E-state index contributed by atoms with van der Waals surface area (Å²) in [4.78, 5) is 21.3. The number of pyridine rings is 1. The molecular weight excluding hydrogens is 320 g/mol. The molecule has 4 nitrogen and oxygen atoms in total. The number of hydrogen-bond donors (Lipinski definition) is 1. The number of aromatic nitrogens is 2. The number of nitrogens with zero attached hydrogens (tertiary/aromatic N) is 2. The van der Waals surface area contributed by atoms with Crippen LogP contribution >= 0.6 is 11.3 Å². The molecule has 7 heteroatoms. The van der Waals surface area contributed by atoms with E-state index in [-0.39, 0.29) is 5.13 Å². The third-order valence-electron chi connectivity index (χ3n) is 3.10. The van der Waals surface area contributed by atoms with Crippen molar-refractivity contribution in [1.82, 2.24) is 9.97 Å². The summed E-state index contributed by atoms with van der Waals surface area (Å²) >= 11 is 1.20. The highest BCUT2D eigenvalue weighted by Gasteiger charge is 2.19. The van der Waals surface area contributed by atoms with E-state index in [9.17, 15) is 13.6 Å². The minimum Gasteiger partial charge on any atom is -0.298 e. The number of rotatable bonds is 3. The smallest absolute Gasteiger partial charge is 0.263 e. The van der Waals surface area contributed by atoms with Crippen molar-refractivity contribution in [2.75, 3.05) is 5.32 Å². The predicted octanol–water partition coefficient (Wildman–Crippen LogP) is 4.04. The van der Waals surface area contributed by atoms with Gasteiger partial charge in [0.25, 0.3) is 5.91 Å². The van der Waals surface area contributed by atoms with E-state index in [4.69, 9.17) is 0 Å². The Morgan fingerprint density at radius 2 is 1.87 bits per heavy atom. The van der Waals surface area contributed by atoms with Gasteiger partial charge < -0.3 is 0 Å². The molecule has 0 saturated heterocycles. The van der Waals surface area contributed by atoms with Gasteiger partial charge >= 0.3 is 0 Å². The first-order chi connectivity index (χ1) is 11.1. The Kier molecular flexibility index (Phi) is 4.12. The van der Waals surface area contributed by atoms with Crippen LogP contribution in [0.1, 0.15) is 16.1 Å². The SMILES string of the molecule is Cc1nc(NC(=O)c2c(F)cccc2F)sc1-c1ccccn1. The lowest BCUT2D eigenvalue weighted by molar-refractivity contribution is 0.101. The molecule has 23 heavy (non-hydrogen) atoms. The monoisotopic (exact) mass is 331 g/mol. The lowest BCUT2D eigenvalue weighted by Gasteiger charge is -2.04. The van der Waals surface area contributed by atoms with E-state index < -0.39 is 23.1 Å². The lowest BCUT2D eigenvalue weighted by Crippen LogP contribution is -2.15. The standard InChI is InChI=1S/C16H11F2N3OS/c1-9-14(12-7-2-3-8-19-12)23-16(20-9)21-15(22)13-10(17)5-4-6-11(13)18/h2-8H,1H3,(H,20,21,22). The Hall–Kier alpha value is -2.67. The highest BCUT2D eigenvalue weighted by molar-refractivity contribution is 7.19. The Bertz CT molecular complexity index is 845. The van der Waals surface area contributed by atoms with E-state index in [1.807, 2.05) is 12.1 Å². The van der Waals surface area contributed by atoms with Gasteiger partial charge in [0.2, 0.25) is 0 Å². The Labute approximate surface area is 134 Å². The molecule has 2 heterocycles. The number of carbonyl (C=O) groups excluding carboxylic acids is 1. The molecule has 0 radical (unpaired) electrons. The molecule has 3 aromatic rings. The maximum absolute atomic E-state index is 13.6. The zero-order valence-electron chi connectivity index (χ0n) is 12.0. The lowest BCUT2D eigenvalue weighted by atomic mass is 10.2. The first-order valence-corrected chi connectivity index (χ1v) is 7.52. The molecule has 0 saturated carbocycles. The number of carbonyl (C=O) groups is 1. The summed E-state index contributed by atoms with van der Waals surface area (Å²) in [5.41, 5.74) is 0.776. The van der Waals surface area contributed by atoms with Crippen molar-refractivity contribution < 1.29 is 13.6 Å². The predicted molar refractivity (Wildman–Crippen MR) is 84.4 cm³/mol. The van der Waals surface area contributed by atoms with Gasteiger partial charge in [-0.2, -0.15) is 0 Å². The van der Waals surface area contributed by atoms with Crippen LogP contribution in [0.25, 0.3) is 10.6 Å². The van der Waals surface area contributed by atoms with Crippen LogP contribution in [0, 0.1) is 18.6 Å². The van der Waals surface area contributed by atoms with Crippen LogP contribution in [-0.2, 0) is 0 Å². The van der Waals surface area contributed by atoms with Gasteiger partial charge in [-0.05, 0) is 31.2 Å². The molecule has 0 bridgehead atoms. The molecule has 0 aliphatic rings. The molecule has 3 rings (SSSR count). The van der Waals surface area contributed by atoms with E-state index in [0.29, 0.717) is 5.69 Å². The average Bonchev–Trinajstić information content (AvgIpc) is 2.88. The highest BCUT2D eigenvalue weighted by Crippen LogP contribution is 2.31. The number of aryl methyl sites for hydroxylation is 1. The highest BCUT2D eigenvalue weighted by atomic mass is 32.1. The van der Waals surface area contributed by atoms with Gasteiger partial charge in [-0.25, -0.2) is 13.8 Å². The Morgan fingerprint density at radius 3 is 2.52 bits per heavy atom. The zero-order chi connectivity index (χ0) is 16.4. The van der Waals surface area contributed by atoms with Crippen molar-refractivity contribution >= 4 is 22.4 Å². The fraction of sp³-hybridized carbons (Fsp3) is 0.0625. The van der Waals surface area contributed by atoms with Gasteiger partial charge in [0.1, 0.15) is 17.2 Å². The van der Waals surface area contributed by atoms with E-state index in [2.05, 4.69) is 15.3 Å². The molecule has 0 spiro atoms. The van der Waals surface area contributed by atoms with Crippen LogP contribution in [0.3, 0.4) is 0 Å². The van der Waals surface area contributed by atoms with Gasteiger partial charge in [0.05, 0.1) is 16.3 Å². The minimum atomic E-state index is -0.916. The largest absolute Gasteiger partial charge is 0.298 e. The van der Waals surface area contributed by atoms with Gasteiger partial charge in [0.15, 0.2) is 5.13 Å². The average molecular weight is 331 g/mol. The normalized spacial score (nSPS) is 10.6. The summed E-state index contributed by atoms with van der Waals surface area (Å²) < 4.78 is 27.3. The molecule has 2 aromatic heterocycles. The summed E-state index contributed by atoms with van der Waals surface area (Å²) in [7, 11) is 0. The topological polar surface area (TPSA) is 54.9 Å². The van der Waals surface area contributed by atoms with Gasteiger partial charge in [-0.3, -0.25) is 15.1 Å². The van der Waals surface area contributed by atoms with Crippen molar-refractivity contribution in [3.05, 3.63) is 65.5 Å². The number of anilines is 1. The number of amides is 1. The quantitative estimate of drug-likeness (QED) is 0.788. The van der Waals surface area contributed by atoms with E-state index in [1.54, 1.807) is 19.2 Å². The molecule has 0 fully saturated rings. The van der Waals surface area contributed by atoms with E-state index in [0.717, 1.165) is 22.7 Å². The molecule has 1 aromatic carbocycles. The second-order valence-electron chi connectivity index (χ2n) is 4.70. The van der Waals surface area contributed by atoms with Crippen LogP contribution < -0.4 is 5.32 Å². The Morgan fingerprint density at radius 1 is 1.13 bits per heavy atom. The molecule has 0 unspecified atom stereocenters. The van der Waals surface area contributed by atoms with Crippen LogP contribution in [-0.4, -0.2) is 15.9 Å². The van der Waals surface area contributed by atoms with Gasteiger partial charge in [-0.1, -0.05) is 23.5 Å². The number of thiazole rings is 1. The van der Waals surface area contributed by atoms with E-state index >= 15 is 0 Å². The second kappa shape index (κ2) is 6.21. The van der Waals surface area contributed by atoms with Crippen molar-refractivity contribution in [2.45, 2.75) is 6.92 Å². The minimum absolute atomic E-state index is 0.260.